The highest BCUT2D eigenvalue weighted by atomic mass is 32.2. The summed E-state index contributed by atoms with van der Waals surface area (Å²) in [4.78, 5) is 11.0. The van der Waals surface area contributed by atoms with Crippen molar-refractivity contribution >= 4 is 15.6 Å². The molecule has 12 heavy (non-hydrogen) atoms. The summed E-state index contributed by atoms with van der Waals surface area (Å²) in [5, 5.41) is 8.43. The van der Waals surface area contributed by atoms with E-state index in [-0.39, 0.29) is 0 Å². The molecule has 1 atom stereocenters. The van der Waals surface area contributed by atoms with Crippen LogP contribution in [0.5, 0.6) is 0 Å². The van der Waals surface area contributed by atoms with Gasteiger partial charge in [0.2, 0.25) is 0 Å². The second-order valence-electron chi connectivity index (χ2n) is 2.63. The van der Waals surface area contributed by atoms with Gasteiger partial charge in [-0.15, -0.1) is 0 Å². The lowest BCUT2D eigenvalue weighted by atomic mass is 10.1. The van der Waals surface area contributed by atoms with Gasteiger partial charge in [-0.05, 0) is 6.42 Å². The molecule has 0 saturated carbocycles. The molecule has 5 heteroatoms. The molecule has 0 aromatic carbocycles. The van der Waals surface area contributed by atoms with Crippen molar-refractivity contribution in [2.75, 3.05) is 12.0 Å². The van der Waals surface area contributed by atoms with Crippen molar-refractivity contribution in [3.63, 3.8) is 0 Å². The Balaban J connectivity index is 4.34. The summed E-state index contributed by atoms with van der Waals surface area (Å²) >= 11 is 0. The second kappa shape index (κ2) is 4.21. The number of carbonyl (C=O) groups is 1. The molecule has 0 aliphatic carbocycles. The first-order valence-electron chi connectivity index (χ1n) is 3.50. The monoisotopic (exact) mass is 189 g/mol. The molecule has 0 aromatic heterocycles. The zero-order valence-electron chi connectivity index (χ0n) is 7.07. The van der Waals surface area contributed by atoms with Gasteiger partial charge in [0.05, 0.1) is 6.07 Å². The third kappa shape index (κ3) is 4.09. The van der Waals surface area contributed by atoms with Crippen molar-refractivity contribution < 1.29 is 13.2 Å². The number of nitriles is 1. The predicted octanol–water partition coefficient (Wildman–Crippen LogP) is 0.150. The molecule has 1 unspecified atom stereocenters. The minimum Gasteiger partial charge on any atom is -0.297 e. The highest BCUT2D eigenvalue weighted by Gasteiger charge is 2.19. The Kier molecular flexibility index (Phi) is 3.90. The molecule has 4 nitrogen and oxygen atoms in total. The van der Waals surface area contributed by atoms with Crippen LogP contribution in [-0.2, 0) is 14.6 Å². The van der Waals surface area contributed by atoms with Gasteiger partial charge in [-0.1, -0.05) is 6.92 Å². The van der Waals surface area contributed by atoms with E-state index in [4.69, 9.17) is 5.26 Å². The Morgan fingerprint density at radius 3 is 2.33 bits per heavy atom. The average Bonchev–Trinajstić information content (AvgIpc) is 1.85. The van der Waals surface area contributed by atoms with Crippen molar-refractivity contribution in [3.05, 3.63) is 0 Å². The van der Waals surface area contributed by atoms with E-state index in [2.05, 4.69) is 0 Å². The molecule has 0 fully saturated rings. The molecule has 0 bridgehead atoms. The maximum absolute atomic E-state index is 11.0. The zero-order chi connectivity index (χ0) is 9.78. The zero-order valence-corrected chi connectivity index (χ0v) is 7.89. The number of Topliss-reactive ketones (excluding diaryl/α,β-unsaturated/α-hetero) is 1. The summed E-state index contributed by atoms with van der Waals surface area (Å²) in [5.41, 5.74) is 0. The van der Waals surface area contributed by atoms with Gasteiger partial charge < -0.3 is 0 Å². The van der Waals surface area contributed by atoms with Gasteiger partial charge in [0.15, 0.2) is 15.6 Å². The predicted molar refractivity (Wildman–Crippen MR) is 44.1 cm³/mol. The van der Waals surface area contributed by atoms with Crippen LogP contribution in [0.4, 0.5) is 0 Å². The summed E-state index contributed by atoms with van der Waals surface area (Å²) in [6.07, 6.45) is 1.35. The Morgan fingerprint density at radius 1 is 1.58 bits per heavy atom. The molecule has 0 amide bonds. The van der Waals surface area contributed by atoms with Crippen LogP contribution in [-0.4, -0.2) is 26.2 Å². The summed E-state index contributed by atoms with van der Waals surface area (Å²) in [5.74, 6) is -1.82. The van der Waals surface area contributed by atoms with E-state index < -0.39 is 27.3 Å². The Labute approximate surface area is 72.1 Å². The Hall–Kier alpha value is -0.890. The fraction of sp³-hybridized carbons (Fsp3) is 0.714. The van der Waals surface area contributed by atoms with Gasteiger partial charge in [-0.2, -0.15) is 5.26 Å². The summed E-state index contributed by atoms with van der Waals surface area (Å²) in [6.45, 7) is 1.67. The van der Waals surface area contributed by atoms with Gasteiger partial charge in [0.1, 0.15) is 11.7 Å². The Bertz CT molecular complexity index is 299. The number of sulfone groups is 1. The molecule has 0 heterocycles. The molecule has 0 aliphatic rings. The molecule has 0 aromatic rings. The van der Waals surface area contributed by atoms with E-state index in [0.717, 1.165) is 6.26 Å². The van der Waals surface area contributed by atoms with Crippen LogP contribution >= 0.6 is 0 Å². The van der Waals surface area contributed by atoms with Gasteiger partial charge in [-0.3, -0.25) is 4.79 Å². The molecule has 0 spiro atoms. The lowest BCUT2D eigenvalue weighted by Crippen LogP contribution is -2.21. The van der Waals surface area contributed by atoms with Crippen molar-refractivity contribution in [1.82, 2.24) is 0 Å². The van der Waals surface area contributed by atoms with E-state index in [1.165, 1.54) is 0 Å². The highest BCUT2D eigenvalue weighted by molar-refractivity contribution is 7.91. The first-order valence-corrected chi connectivity index (χ1v) is 5.56. The maximum atomic E-state index is 11.0. The van der Waals surface area contributed by atoms with E-state index in [1.54, 1.807) is 13.0 Å². The molecule has 0 N–H and O–H groups in total. The standard InChI is InChI=1S/C7H11NO3S/c1-3-6(4-8)7(9)5-12(2,10)11/h6H,3,5H2,1-2H3. The summed E-state index contributed by atoms with van der Waals surface area (Å²) in [7, 11) is -3.29. The Morgan fingerprint density at radius 2 is 2.08 bits per heavy atom. The fourth-order valence-corrected chi connectivity index (χ4v) is 1.47. The minimum absolute atomic E-state index is 0.366. The van der Waals surface area contributed by atoms with Crippen LogP contribution in [0.25, 0.3) is 0 Å². The maximum Gasteiger partial charge on any atom is 0.164 e. The largest absolute Gasteiger partial charge is 0.297 e. The quantitative estimate of drug-likeness (QED) is 0.630. The number of hydrogen-bond donors (Lipinski definition) is 0. The SMILES string of the molecule is CCC(C#N)C(=O)CS(C)(=O)=O. The molecular formula is C7H11NO3S. The molecule has 0 rings (SSSR count). The first-order chi connectivity index (χ1) is 5.40. The fourth-order valence-electron chi connectivity index (χ4n) is 0.750. The van der Waals surface area contributed by atoms with Crippen molar-refractivity contribution in [3.8, 4) is 6.07 Å². The average molecular weight is 189 g/mol. The van der Waals surface area contributed by atoms with Gasteiger partial charge in [-0.25, -0.2) is 8.42 Å². The van der Waals surface area contributed by atoms with Crippen LogP contribution in [0.15, 0.2) is 0 Å². The molecular weight excluding hydrogens is 178 g/mol. The van der Waals surface area contributed by atoms with Crippen molar-refractivity contribution in [2.45, 2.75) is 13.3 Å². The summed E-state index contributed by atoms with van der Waals surface area (Å²) in [6, 6.07) is 1.76. The minimum atomic E-state index is -3.29. The van der Waals surface area contributed by atoms with Crippen molar-refractivity contribution in [2.24, 2.45) is 5.92 Å². The first kappa shape index (κ1) is 11.1. The number of rotatable bonds is 4. The number of carbonyl (C=O) groups excluding carboxylic acids is 1. The van der Waals surface area contributed by atoms with Crippen LogP contribution in [0.2, 0.25) is 0 Å². The molecule has 68 valence electrons. The topological polar surface area (TPSA) is 75.0 Å². The van der Waals surface area contributed by atoms with Gasteiger partial charge in [0.25, 0.3) is 0 Å². The third-order valence-electron chi connectivity index (χ3n) is 1.36. The van der Waals surface area contributed by atoms with E-state index in [1.807, 2.05) is 0 Å². The number of ketones is 1. The highest BCUT2D eigenvalue weighted by Crippen LogP contribution is 2.03. The molecule has 0 radical (unpaired) electrons. The normalized spacial score (nSPS) is 13.4. The van der Waals surface area contributed by atoms with Gasteiger partial charge in [0, 0.05) is 6.26 Å². The smallest absolute Gasteiger partial charge is 0.164 e. The second-order valence-corrected chi connectivity index (χ2v) is 4.77. The lowest BCUT2D eigenvalue weighted by Gasteiger charge is -2.02. The van der Waals surface area contributed by atoms with Crippen molar-refractivity contribution in [1.29, 1.82) is 5.26 Å². The van der Waals surface area contributed by atoms with Crippen LogP contribution < -0.4 is 0 Å². The van der Waals surface area contributed by atoms with Gasteiger partial charge >= 0.3 is 0 Å². The number of nitrogens with zero attached hydrogens (tertiary/aromatic N) is 1. The third-order valence-corrected chi connectivity index (χ3v) is 2.17. The number of hydrogen-bond acceptors (Lipinski definition) is 4. The molecule has 0 saturated heterocycles. The van der Waals surface area contributed by atoms with E-state index in [9.17, 15) is 13.2 Å². The van der Waals surface area contributed by atoms with Crippen LogP contribution in [0, 0.1) is 17.2 Å². The van der Waals surface area contributed by atoms with E-state index in [0.29, 0.717) is 6.42 Å². The van der Waals surface area contributed by atoms with Crippen LogP contribution in [0.3, 0.4) is 0 Å². The lowest BCUT2D eigenvalue weighted by molar-refractivity contribution is -0.118. The molecule has 0 aliphatic heterocycles. The van der Waals surface area contributed by atoms with E-state index >= 15 is 0 Å². The van der Waals surface area contributed by atoms with Crippen LogP contribution in [0.1, 0.15) is 13.3 Å². The summed E-state index contributed by atoms with van der Waals surface area (Å²) < 4.78 is 21.3.